The van der Waals surface area contributed by atoms with Gasteiger partial charge in [0.25, 0.3) is 5.56 Å². The third-order valence-corrected chi connectivity index (χ3v) is 5.22. The summed E-state index contributed by atoms with van der Waals surface area (Å²) in [6.07, 6.45) is 1.47. The predicted octanol–water partition coefficient (Wildman–Crippen LogP) is 4.60. The number of nitrogens with zero attached hydrogens (tertiary/aromatic N) is 4. The molecule has 8 heteroatoms. The quantitative estimate of drug-likeness (QED) is 0.350. The Bertz CT molecular complexity index is 1610. The van der Waals surface area contributed by atoms with Crippen LogP contribution in [-0.4, -0.2) is 29.6 Å². The summed E-state index contributed by atoms with van der Waals surface area (Å²) >= 11 is 0. The van der Waals surface area contributed by atoms with Gasteiger partial charge in [-0.3, -0.25) is 4.79 Å². The van der Waals surface area contributed by atoms with Crippen molar-refractivity contribution in [1.29, 1.82) is 5.26 Å². The first-order chi connectivity index (χ1) is 16.7. The molecular weight excluding hydrogens is 432 g/mol. The molecule has 0 fully saturated rings. The van der Waals surface area contributed by atoms with Gasteiger partial charge in [0.2, 0.25) is 5.82 Å². The molecule has 0 saturated heterocycles. The first-order valence-corrected chi connectivity index (χ1v) is 10.4. The van der Waals surface area contributed by atoms with Crippen molar-refractivity contribution >= 4 is 28.1 Å². The lowest BCUT2D eigenvalue weighted by molar-refractivity contribution is 0.329. The summed E-state index contributed by atoms with van der Waals surface area (Å²) in [4.78, 5) is 18.1. The lowest BCUT2D eigenvalue weighted by Crippen LogP contribution is -2.20. The Labute approximate surface area is 193 Å². The number of rotatable bonds is 6. The molecule has 5 rings (SSSR count). The van der Waals surface area contributed by atoms with Crippen LogP contribution in [-0.2, 0) is 0 Å². The van der Waals surface area contributed by atoms with Crippen molar-refractivity contribution in [3.8, 4) is 29.2 Å². The molecule has 0 aliphatic carbocycles. The number of hydrogen-bond acceptors (Lipinski definition) is 7. The number of fused-ring (bicyclic) bond motifs is 2. The highest BCUT2D eigenvalue weighted by Gasteiger charge is 2.17. The van der Waals surface area contributed by atoms with Gasteiger partial charge in [-0.25, -0.2) is 4.98 Å². The van der Waals surface area contributed by atoms with Gasteiger partial charge in [-0.05, 0) is 36.4 Å². The number of hydrogen-bond donors (Lipinski definition) is 0. The Kier molecular flexibility index (Phi) is 5.50. The van der Waals surface area contributed by atoms with E-state index < -0.39 is 0 Å². The predicted molar refractivity (Wildman–Crippen MR) is 128 cm³/mol. The zero-order valence-electron chi connectivity index (χ0n) is 18.1. The smallest absolute Gasteiger partial charge is 0.282 e. The van der Waals surface area contributed by atoms with E-state index in [-0.39, 0.29) is 18.0 Å². The molecule has 0 atom stereocenters. The minimum atomic E-state index is -0.348. The summed E-state index contributed by atoms with van der Waals surface area (Å²) in [5.41, 5.74) is 1.40. The molecule has 0 aliphatic heterocycles. The second-order valence-electron chi connectivity index (χ2n) is 7.29. The lowest BCUT2D eigenvalue weighted by atomic mass is 10.2. The van der Waals surface area contributed by atoms with Gasteiger partial charge in [0, 0.05) is 10.9 Å². The van der Waals surface area contributed by atoms with Crippen molar-refractivity contribution in [2.75, 3.05) is 13.7 Å². The highest BCUT2D eigenvalue weighted by Crippen LogP contribution is 2.30. The van der Waals surface area contributed by atoms with Gasteiger partial charge in [0.05, 0.1) is 24.2 Å². The molecule has 34 heavy (non-hydrogen) atoms. The van der Waals surface area contributed by atoms with Crippen molar-refractivity contribution in [2.24, 2.45) is 5.10 Å². The second kappa shape index (κ2) is 8.92. The van der Waals surface area contributed by atoms with Gasteiger partial charge in [-0.1, -0.05) is 36.4 Å². The van der Waals surface area contributed by atoms with Gasteiger partial charge in [0.15, 0.2) is 23.9 Å². The minimum Gasteiger partial charge on any atom is -0.493 e. The van der Waals surface area contributed by atoms with Crippen molar-refractivity contribution in [3.63, 3.8) is 0 Å². The van der Waals surface area contributed by atoms with Crippen molar-refractivity contribution in [1.82, 2.24) is 9.66 Å². The molecule has 2 heterocycles. The van der Waals surface area contributed by atoms with E-state index in [0.717, 1.165) is 5.39 Å². The van der Waals surface area contributed by atoms with Crippen LogP contribution in [0.25, 0.3) is 33.5 Å². The van der Waals surface area contributed by atoms with E-state index in [0.29, 0.717) is 39.3 Å². The maximum atomic E-state index is 13.4. The summed E-state index contributed by atoms with van der Waals surface area (Å²) < 4.78 is 18.1. The maximum Gasteiger partial charge on any atom is 0.282 e. The van der Waals surface area contributed by atoms with E-state index >= 15 is 0 Å². The van der Waals surface area contributed by atoms with Gasteiger partial charge in [-0.15, -0.1) is 0 Å². The van der Waals surface area contributed by atoms with Crippen LogP contribution >= 0.6 is 0 Å². The molecule has 0 spiro atoms. The van der Waals surface area contributed by atoms with Crippen molar-refractivity contribution in [3.05, 3.63) is 88.7 Å². The average molecular weight is 450 g/mol. The van der Waals surface area contributed by atoms with Crippen LogP contribution in [0.3, 0.4) is 0 Å². The van der Waals surface area contributed by atoms with Gasteiger partial charge < -0.3 is 13.9 Å². The van der Waals surface area contributed by atoms with E-state index in [2.05, 4.69) is 10.1 Å². The molecule has 0 N–H and O–H groups in total. The number of para-hydroxylation sites is 3. The normalized spacial score (nSPS) is 11.2. The maximum absolute atomic E-state index is 13.4. The van der Waals surface area contributed by atoms with E-state index in [1.165, 1.54) is 18.0 Å². The van der Waals surface area contributed by atoms with Gasteiger partial charge >= 0.3 is 0 Å². The minimum absolute atomic E-state index is 0.164. The third kappa shape index (κ3) is 3.76. The number of aromatic nitrogens is 2. The molecular formula is C26H18N4O4. The van der Waals surface area contributed by atoms with Crippen LogP contribution < -0.4 is 15.0 Å². The number of nitriles is 1. The summed E-state index contributed by atoms with van der Waals surface area (Å²) in [7, 11) is 1.51. The van der Waals surface area contributed by atoms with E-state index in [4.69, 9.17) is 19.2 Å². The molecule has 0 aliphatic rings. The summed E-state index contributed by atoms with van der Waals surface area (Å²) in [5, 5.41) is 14.7. The molecule has 8 nitrogen and oxygen atoms in total. The highest BCUT2D eigenvalue weighted by molar-refractivity contribution is 5.86. The van der Waals surface area contributed by atoms with Crippen LogP contribution in [0.5, 0.6) is 11.5 Å². The standard InChI is InChI=1S/C26H18N4O4/c1-32-22-12-6-8-18(24(22)33-14-13-27)16-28-30-25(23-15-17-7-2-5-11-21(17)34-23)29-20-10-4-3-9-19(20)26(30)31/h2-12,15-16H,14H2,1H3. The highest BCUT2D eigenvalue weighted by atomic mass is 16.5. The van der Waals surface area contributed by atoms with Gasteiger partial charge in [-0.2, -0.15) is 15.0 Å². The zero-order valence-corrected chi connectivity index (χ0v) is 18.1. The van der Waals surface area contributed by atoms with E-state index in [9.17, 15) is 4.79 Å². The van der Waals surface area contributed by atoms with Crippen molar-refractivity contribution < 1.29 is 13.9 Å². The SMILES string of the molecule is COc1cccc(C=Nn2c(-c3cc4ccccc4o3)nc3ccccc3c2=O)c1OCC#N. The number of ether oxygens (including phenoxy) is 2. The topological polar surface area (TPSA) is 103 Å². The van der Waals surface area contributed by atoms with Crippen LogP contribution in [0.1, 0.15) is 5.56 Å². The molecule has 0 unspecified atom stereocenters. The van der Waals surface area contributed by atoms with Crippen LogP contribution in [0.15, 0.2) is 87.1 Å². The Morgan fingerprint density at radius 1 is 1.12 bits per heavy atom. The van der Waals surface area contributed by atoms with Crippen LogP contribution in [0.2, 0.25) is 0 Å². The Morgan fingerprint density at radius 2 is 1.94 bits per heavy atom. The first-order valence-electron chi connectivity index (χ1n) is 10.4. The molecule has 0 saturated carbocycles. The monoisotopic (exact) mass is 450 g/mol. The van der Waals surface area contributed by atoms with Gasteiger partial charge in [0.1, 0.15) is 11.7 Å². The molecule has 0 amide bonds. The molecule has 2 aromatic heterocycles. The third-order valence-electron chi connectivity index (χ3n) is 5.22. The Morgan fingerprint density at radius 3 is 2.76 bits per heavy atom. The first kappa shape index (κ1) is 21.0. The van der Waals surface area contributed by atoms with Crippen LogP contribution in [0, 0.1) is 11.3 Å². The Hall–Kier alpha value is -4.90. The lowest BCUT2D eigenvalue weighted by Gasteiger charge is -2.11. The molecule has 166 valence electrons. The average Bonchev–Trinajstić information content (AvgIpc) is 3.31. The summed E-state index contributed by atoms with van der Waals surface area (Å²) in [5.74, 6) is 1.47. The van der Waals surface area contributed by atoms with E-state index in [1.54, 1.807) is 36.4 Å². The fraction of sp³-hybridized carbons (Fsp3) is 0.0769. The molecule has 3 aromatic carbocycles. The fourth-order valence-corrected chi connectivity index (χ4v) is 3.66. The summed E-state index contributed by atoms with van der Waals surface area (Å²) in [6, 6.07) is 23.6. The van der Waals surface area contributed by atoms with E-state index in [1.807, 2.05) is 42.5 Å². The summed E-state index contributed by atoms with van der Waals surface area (Å²) in [6.45, 7) is -0.164. The molecule has 0 radical (unpaired) electrons. The Balaban J connectivity index is 1.70. The number of furan rings is 1. The number of methoxy groups -OCH3 is 1. The molecule has 0 bridgehead atoms. The number of benzene rings is 3. The second-order valence-corrected chi connectivity index (χ2v) is 7.29. The van der Waals surface area contributed by atoms with Crippen LogP contribution in [0.4, 0.5) is 0 Å². The largest absolute Gasteiger partial charge is 0.493 e. The van der Waals surface area contributed by atoms with Crippen molar-refractivity contribution in [2.45, 2.75) is 0 Å². The molecule has 5 aromatic rings. The zero-order chi connectivity index (χ0) is 23.5. The fourth-order valence-electron chi connectivity index (χ4n) is 3.66.